The van der Waals surface area contributed by atoms with Crippen molar-refractivity contribution in [2.24, 2.45) is 5.92 Å². The van der Waals surface area contributed by atoms with E-state index in [1.807, 2.05) is 0 Å². The van der Waals surface area contributed by atoms with Crippen LogP contribution in [0.4, 0.5) is 0 Å². The molecule has 1 saturated heterocycles. The highest BCUT2D eigenvalue weighted by atomic mass is 16.1. The molecule has 23 heavy (non-hydrogen) atoms. The van der Waals surface area contributed by atoms with Crippen LogP contribution >= 0.6 is 0 Å². The number of aromatic amines is 1. The maximum Gasteiger partial charge on any atom is 0.272 e. The van der Waals surface area contributed by atoms with Gasteiger partial charge in [-0.1, -0.05) is 6.92 Å². The van der Waals surface area contributed by atoms with E-state index in [1.165, 1.54) is 25.9 Å². The van der Waals surface area contributed by atoms with Crippen molar-refractivity contribution in [3.8, 4) is 0 Å². The van der Waals surface area contributed by atoms with E-state index in [2.05, 4.69) is 32.7 Å². The summed E-state index contributed by atoms with van der Waals surface area (Å²) in [6, 6.07) is 0. The van der Waals surface area contributed by atoms with Gasteiger partial charge in [-0.15, -0.1) is 0 Å². The average Bonchev–Trinajstić information content (AvgIpc) is 3.00. The van der Waals surface area contributed by atoms with Crippen LogP contribution < -0.4 is 10.6 Å². The predicted octanol–water partition coefficient (Wildman–Crippen LogP) is 1.30. The first-order valence-corrected chi connectivity index (χ1v) is 9.01. The predicted molar refractivity (Wildman–Crippen MR) is 90.4 cm³/mol. The van der Waals surface area contributed by atoms with E-state index in [0.717, 1.165) is 62.6 Å². The molecule has 0 aliphatic carbocycles. The molecule has 6 nitrogen and oxygen atoms in total. The van der Waals surface area contributed by atoms with E-state index in [-0.39, 0.29) is 5.91 Å². The summed E-state index contributed by atoms with van der Waals surface area (Å²) in [5, 5.41) is 13.5. The van der Waals surface area contributed by atoms with E-state index in [0.29, 0.717) is 5.69 Å². The van der Waals surface area contributed by atoms with Crippen LogP contribution in [-0.4, -0.2) is 53.7 Å². The summed E-state index contributed by atoms with van der Waals surface area (Å²) in [4.78, 5) is 14.8. The van der Waals surface area contributed by atoms with Crippen molar-refractivity contribution in [1.82, 2.24) is 25.7 Å². The van der Waals surface area contributed by atoms with Gasteiger partial charge in [-0.25, -0.2) is 0 Å². The van der Waals surface area contributed by atoms with Crippen molar-refractivity contribution in [3.05, 3.63) is 17.0 Å². The summed E-state index contributed by atoms with van der Waals surface area (Å²) in [7, 11) is 0. The van der Waals surface area contributed by atoms with Crippen molar-refractivity contribution >= 4 is 5.91 Å². The Balaban J connectivity index is 1.34. The highest BCUT2D eigenvalue weighted by molar-refractivity contribution is 5.94. The largest absolute Gasteiger partial charge is 0.351 e. The number of aromatic nitrogens is 2. The van der Waals surface area contributed by atoms with E-state index < -0.39 is 0 Å². The summed E-state index contributed by atoms with van der Waals surface area (Å²) in [6.07, 6.45) is 5.76. The molecule has 3 N–H and O–H groups in total. The summed E-state index contributed by atoms with van der Waals surface area (Å²) in [5.41, 5.74) is 2.71. The van der Waals surface area contributed by atoms with Crippen molar-refractivity contribution in [2.75, 3.05) is 32.7 Å². The van der Waals surface area contributed by atoms with E-state index >= 15 is 0 Å². The van der Waals surface area contributed by atoms with Gasteiger partial charge in [-0.3, -0.25) is 9.89 Å². The first-order valence-electron chi connectivity index (χ1n) is 9.01. The van der Waals surface area contributed by atoms with Gasteiger partial charge in [-0.2, -0.15) is 5.10 Å². The molecule has 2 aliphatic rings. The number of likely N-dealkylation sites (tertiary alicyclic amines) is 1. The van der Waals surface area contributed by atoms with Crippen LogP contribution in [0.2, 0.25) is 0 Å². The van der Waals surface area contributed by atoms with Crippen LogP contribution in [0.5, 0.6) is 0 Å². The Morgan fingerprint density at radius 1 is 1.35 bits per heavy atom. The smallest absolute Gasteiger partial charge is 0.272 e. The molecule has 3 heterocycles. The Morgan fingerprint density at radius 3 is 3.00 bits per heavy atom. The molecule has 0 aromatic carbocycles. The second-order valence-electron chi connectivity index (χ2n) is 6.94. The molecule has 0 unspecified atom stereocenters. The van der Waals surface area contributed by atoms with Gasteiger partial charge in [-0.05, 0) is 51.2 Å². The molecule has 0 atom stereocenters. The van der Waals surface area contributed by atoms with E-state index in [4.69, 9.17) is 0 Å². The molecule has 1 aromatic heterocycles. The van der Waals surface area contributed by atoms with Crippen LogP contribution in [0.15, 0.2) is 0 Å². The number of hydrogen-bond acceptors (Lipinski definition) is 4. The van der Waals surface area contributed by atoms with Crippen LogP contribution in [0.3, 0.4) is 0 Å². The maximum atomic E-state index is 12.2. The van der Waals surface area contributed by atoms with Gasteiger partial charge in [0.15, 0.2) is 5.69 Å². The number of nitrogens with zero attached hydrogens (tertiary/aromatic N) is 2. The minimum Gasteiger partial charge on any atom is -0.351 e. The Labute approximate surface area is 138 Å². The molecular weight excluding hydrogens is 290 g/mol. The first kappa shape index (κ1) is 16.5. The molecule has 1 amide bonds. The molecule has 0 saturated carbocycles. The fraction of sp³-hybridized carbons (Fsp3) is 0.765. The lowest BCUT2D eigenvalue weighted by Crippen LogP contribution is -2.34. The summed E-state index contributed by atoms with van der Waals surface area (Å²) in [5.74, 6) is 0.845. The van der Waals surface area contributed by atoms with Gasteiger partial charge < -0.3 is 15.5 Å². The lowest BCUT2D eigenvalue weighted by Gasteiger charge is -2.30. The normalized spacial score (nSPS) is 19.5. The molecule has 3 rings (SSSR count). The zero-order valence-corrected chi connectivity index (χ0v) is 14.2. The molecule has 1 fully saturated rings. The summed E-state index contributed by atoms with van der Waals surface area (Å²) >= 11 is 0. The second kappa shape index (κ2) is 7.93. The number of rotatable bonds is 6. The third-order valence-electron chi connectivity index (χ3n) is 5.08. The van der Waals surface area contributed by atoms with Gasteiger partial charge in [0, 0.05) is 37.3 Å². The van der Waals surface area contributed by atoms with Crippen LogP contribution in [-0.2, 0) is 13.0 Å². The average molecular weight is 319 g/mol. The maximum absolute atomic E-state index is 12.2. The van der Waals surface area contributed by atoms with Crippen molar-refractivity contribution < 1.29 is 4.79 Å². The number of H-pyrrole nitrogens is 1. The van der Waals surface area contributed by atoms with Crippen molar-refractivity contribution in [2.45, 2.75) is 45.6 Å². The number of carbonyl (C=O) groups excluding carboxylic acids is 1. The van der Waals surface area contributed by atoms with Gasteiger partial charge in [0.25, 0.3) is 5.91 Å². The SMILES string of the molecule is CC1CCN(CCCCNC(=O)c2n[nH]c3c2CNCC3)CC1. The monoisotopic (exact) mass is 319 g/mol. The van der Waals surface area contributed by atoms with Gasteiger partial charge in [0.1, 0.15) is 0 Å². The summed E-state index contributed by atoms with van der Waals surface area (Å²) in [6.45, 7) is 8.39. The Hall–Kier alpha value is -1.40. The zero-order chi connectivity index (χ0) is 16.1. The molecule has 128 valence electrons. The minimum absolute atomic E-state index is 0.0435. The molecular formula is C17H29N5O. The number of fused-ring (bicyclic) bond motifs is 1. The lowest BCUT2D eigenvalue weighted by molar-refractivity contribution is 0.0946. The highest BCUT2D eigenvalue weighted by Crippen LogP contribution is 2.16. The zero-order valence-electron chi connectivity index (χ0n) is 14.2. The molecule has 1 aromatic rings. The number of hydrogen-bond donors (Lipinski definition) is 3. The molecule has 0 radical (unpaired) electrons. The first-order chi connectivity index (χ1) is 11.2. The second-order valence-corrected chi connectivity index (χ2v) is 6.94. The summed E-state index contributed by atoms with van der Waals surface area (Å²) < 4.78 is 0. The number of piperidine rings is 1. The molecule has 2 aliphatic heterocycles. The third-order valence-corrected chi connectivity index (χ3v) is 5.08. The number of amides is 1. The lowest BCUT2D eigenvalue weighted by atomic mass is 9.99. The fourth-order valence-corrected chi connectivity index (χ4v) is 3.44. The quantitative estimate of drug-likeness (QED) is 0.691. The molecule has 0 spiro atoms. The van der Waals surface area contributed by atoms with Gasteiger partial charge in [0.2, 0.25) is 0 Å². The molecule has 0 bridgehead atoms. The fourth-order valence-electron chi connectivity index (χ4n) is 3.44. The van der Waals surface area contributed by atoms with Gasteiger partial charge >= 0.3 is 0 Å². The number of unbranched alkanes of at least 4 members (excludes halogenated alkanes) is 1. The number of nitrogens with one attached hydrogen (secondary N) is 3. The Kier molecular flexibility index (Phi) is 5.67. The van der Waals surface area contributed by atoms with Crippen LogP contribution in [0.25, 0.3) is 0 Å². The standard InChI is InChI=1S/C17H29N5O/c1-13-5-10-22(11-6-13)9-3-2-7-19-17(23)16-14-12-18-8-4-15(14)20-21-16/h13,18H,2-12H2,1H3,(H,19,23)(H,20,21). The third kappa shape index (κ3) is 4.32. The van der Waals surface area contributed by atoms with Gasteiger partial charge in [0.05, 0.1) is 0 Å². The topological polar surface area (TPSA) is 73.0 Å². The Morgan fingerprint density at radius 2 is 2.17 bits per heavy atom. The van der Waals surface area contributed by atoms with Crippen LogP contribution in [0.1, 0.15) is 54.4 Å². The minimum atomic E-state index is -0.0435. The van der Waals surface area contributed by atoms with Crippen molar-refractivity contribution in [1.29, 1.82) is 0 Å². The van der Waals surface area contributed by atoms with Crippen LogP contribution in [0, 0.1) is 5.92 Å². The number of carbonyl (C=O) groups is 1. The van der Waals surface area contributed by atoms with E-state index in [9.17, 15) is 4.79 Å². The van der Waals surface area contributed by atoms with E-state index in [1.54, 1.807) is 0 Å². The Bertz CT molecular complexity index is 519. The highest BCUT2D eigenvalue weighted by Gasteiger charge is 2.21. The van der Waals surface area contributed by atoms with Crippen molar-refractivity contribution in [3.63, 3.8) is 0 Å². The molecule has 6 heteroatoms.